The second-order valence-electron chi connectivity index (χ2n) is 6.39. The third-order valence-electron chi connectivity index (χ3n) is 4.48. The Kier molecular flexibility index (Phi) is 5.79. The number of alkyl halides is 3. The number of piperidine rings is 1. The van der Waals surface area contributed by atoms with Crippen molar-refractivity contribution in [2.45, 2.75) is 32.5 Å². The number of aromatic nitrogens is 2. The molecule has 6 nitrogen and oxygen atoms in total. The summed E-state index contributed by atoms with van der Waals surface area (Å²) in [6.07, 6.45) is -3.05. The van der Waals surface area contributed by atoms with Crippen LogP contribution in [0.3, 0.4) is 0 Å². The van der Waals surface area contributed by atoms with Gasteiger partial charge in [-0.15, -0.1) is 0 Å². The summed E-state index contributed by atoms with van der Waals surface area (Å²) in [7, 11) is 0. The first-order valence-corrected chi connectivity index (χ1v) is 8.76. The van der Waals surface area contributed by atoms with Gasteiger partial charge in [0.05, 0.1) is 24.6 Å². The van der Waals surface area contributed by atoms with E-state index in [1.807, 2.05) is 0 Å². The molecule has 1 saturated heterocycles. The third-order valence-corrected chi connectivity index (χ3v) is 4.48. The number of hydrogen-bond acceptors (Lipinski definition) is 6. The van der Waals surface area contributed by atoms with Crippen molar-refractivity contribution in [2.75, 3.05) is 19.7 Å². The SMILES string of the molecule is CCOC(=O)C1CCN(Cc2nc(-c3cccc(C(F)(F)F)c3)no2)CC1. The summed E-state index contributed by atoms with van der Waals surface area (Å²) in [4.78, 5) is 18.0. The molecular formula is C18H20F3N3O3. The van der Waals surface area contributed by atoms with Crippen molar-refractivity contribution in [1.82, 2.24) is 15.0 Å². The molecule has 9 heteroatoms. The van der Waals surface area contributed by atoms with Crippen LogP contribution in [0.4, 0.5) is 13.2 Å². The molecule has 0 bridgehead atoms. The maximum atomic E-state index is 12.8. The van der Waals surface area contributed by atoms with Gasteiger partial charge in [0.25, 0.3) is 0 Å². The summed E-state index contributed by atoms with van der Waals surface area (Å²) in [5, 5.41) is 3.79. The van der Waals surface area contributed by atoms with Crippen molar-refractivity contribution < 1.29 is 27.2 Å². The number of esters is 1. The second kappa shape index (κ2) is 8.08. The van der Waals surface area contributed by atoms with Crippen LogP contribution in [0.1, 0.15) is 31.2 Å². The van der Waals surface area contributed by atoms with Crippen LogP contribution < -0.4 is 0 Å². The van der Waals surface area contributed by atoms with E-state index in [9.17, 15) is 18.0 Å². The van der Waals surface area contributed by atoms with Crippen LogP contribution in [-0.2, 0) is 22.3 Å². The maximum Gasteiger partial charge on any atom is 0.416 e. The minimum absolute atomic E-state index is 0.0930. The number of nitrogens with zero attached hydrogens (tertiary/aromatic N) is 3. The fourth-order valence-corrected chi connectivity index (χ4v) is 3.05. The normalized spacial score (nSPS) is 16.4. The van der Waals surface area contributed by atoms with Crippen LogP contribution >= 0.6 is 0 Å². The van der Waals surface area contributed by atoms with Gasteiger partial charge in [-0.05, 0) is 45.0 Å². The number of halogens is 3. The Morgan fingerprint density at radius 2 is 2.07 bits per heavy atom. The number of hydrogen-bond donors (Lipinski definition) is 0. The van der Waals surface area contributed by atoms with Crippen molar-refractivity contribution in [3.8, 4) is 11.4 Å². The molecule has 146 valence electrons. The number of benzene rings is 1. The van der Waals surface area contributed by atoms with Crippen molar-refractivity contribution >= 4 is 5.97 Å². The van der Waals surface area contributed by atoms with Gasteiger partial charge in [-0.3, -0.25) is 9.69 Å². The van der Waals surface area contributed by atoms with E-state index >= 15 is 0 Å². The zero-order valence-corrected chi connectivity index (χ0v) is 14.8. The lowest BCUT2D eigenvalue weighted by atomic mass is 9.97. The lowest BCUT2D eigenvalue weighted by molar-refractivity contribution is -0.149. The summed E-state index contributed by atoms with van der Waals surface area (Å²) in [5.41, 5.74) is -0.506. The van der Waals surface area contributed by atoms with E-state index in [1.165, 1.54) is 12.1 Å². The molecule has 0 radical (unpaired) electrons. The highest BCUT2D eigenvalue weighted by atomic mass is 19.4. The van der Waals surface area contributed by atoms with Crippen LogP contribution in [0.2, 0.25) is 0 Å². The molecule has 27 heavy (non-hydrogen) atoms. The molecule has 0 spiro atoms. The summed E-state index contributed by atoms with van der Waals surface area (Å²) >= 11 is 0. The van der Waals surface area contributed by atoms with Gasteiger partial charge < -0.3 is 9.26 Å². The molecule has 1 aliphatic rings. The fraction of sp³-hybridized carbons (Fsp3) is 0.500. The minimum Gasteiger partial charge on any atom is -0.466 e. The van der Waals surface area contributed by atoms with E-state index in [0.717, 1.165) is 12.1 Å². The molecule has 1 aromatic carbocycles. The highest BCUT2D eigenvalue weighted by Crippen LogP contribution is 2.31. The minimum atomic E-state index is -4.42. The number of ether oxygens (including phenoxy) is 1. The molecular weight excluding hydrogens is 363 g/mol. The lowest BCUT2D eigenvalue weighted by Gasteiger charge is -2.29. The van der Waals surface area contributed by atoms with Crippen LogP contribution in [0.5, 0.6) is 0 Å². The average Bonchev–Trinajstić information content (AvgIpc) is 3.10. The van der Waals surface area contributed by atoms with Gasteiger partial charge in [-0.2, -0.15) is 18.2 Å². The quantitative estimate of drug-likeness (QED) is 0.736. The summed E-state index contributed by atoms with van der Waals surface area (Å²) in [5.74, 6) is 0.195. The van der Waals surface area contributed by atoms with Crippen molar-refractivity contribution in [1.29, 1.82) is 0 Å². The van der Waals surface area contributed by atoms with Crippen LogP contribution in [0, 0.1) is 5.92 Å². The van der Waals surface area contributed by atoms with Gasteiger partial charge in [-0.1, -0.05) is 17.3 Å². The number of carbonyl (C=O) groups is 1. The van der Waals surface area contributed by atoms with Gasteiger partial charge in [0.1, 0.15) is 0 Å². The molecule has 0 unspecified atom stereocenters. The lowest BCUT2D eigenvalue weighted by Crippen LogP contribution is -2.36. The Morgan fingerprint density at radius 1 is 1.33 bits per heavy atom. The number of carbonyl (C=O) groups excluding carboxylic acids is 1. The third kappa shape index (κ3) is 4.85. The molecule has 0 amide bonds. The van der Waals surface area contributed by atoms with Crippen molar-refractivity contribution in [2.24, 2.45) is 5.92 Å². The first-order chi connectivity index (χ1) is 12.9. The van der Waals surface area contributed by atoms with E-state index in [1.54, 1.807) is 6.92 Å². The standard InChI is InChI=1S/C18H20F3N3O3/c1-2-26-17(25)12-6-8-24(9-7-12)11-15-22-16(23-27-15)13-4-3-5-14(10-13)18(19,20)21/h3-5,10,12H,2,6-9,11H2,1H3. The predicted molar refractivity (Wildman–Crippen MR) is 89.4 cm³/mol. The first kappa shape index (κ1) is 19.3. The Morgan fingerprint density at radius 3 is 2.74 bits per heavy atom. The first-order valence-electron chi connectivity index (χ1n) is 8.76. The highest BCUT2D eigenvalue weighted by Gasteiger charge is 2.31. The molecule has 0 aliphatic carbocycles. The Hall–Kier alpha value is -2.42. The van der Waals surface area contributed by atoms with E-state index in [2.05, 4.69) is 15.0 Å². The van der Waals surface area contributed by atoms with Crippen LogP contribution in [0.25, 0.3) is 11.4 Å². The molecule has 1 aromatic heterocycles. The fourth-order valence-electron chi connectivity index (χ4n) is 3.05. The topological polar surface area (TPSA) is 68.5 Å². The van der Waals surface area contributed by atoms with E-state index in [4.69, 9.17) is 9.26 Å². The smallest absolute Gasteiger partial charge is 0.416 e. The van der Waals surface area contributed by atoms with Gasteiger partial charge in [-0.25, -0.2) is 0 Å². The van der Waals surface area contributed by atoms with Crippen molar-refractivity contribution in [3.05, 3.63) is 35.7 Å². The second-order valence-corrected chi connectivity index (χ2v) is 6.39. The molecule has 2 aromatic rings. The average molecular weight is 383 g/mol. The summed E-state index contributed by atoms with van der Waals surface area (Å²) in [6, 6.07) is 4.82. The predicted octanol–water partition coefficient (Wildman–Crippen LogP) is 3.53. The van der Waals surface area contributed by atoms with Gasteiger partial charge >= 0.3 is 12.1 Å². The monoisotopic (exact) mass is 383 g/mol. The van der Waals surface area contributed by atoms with E-state index < -0.39 is 11.7 Å². The molecule has 0 N–H and O–H groups in total. The summed E-state index contributed by atoms with van der Waals surface area (Å²) in [6.45, 7) is 3.92. The summed E-state index contributed by atoms with van der Waals surface area (Å²) < 4.78 is 48.7. The molecule has 1 aliphatic heterocycles. The van der Waals surface area contributed by atoms with Gasteiger partial charge in [0.15, 0.2) is 0 Å². The Bertz CT molecular complexity index is 783. The van der Waals surface area contributed by atoms with Crippen LogP contribution in [-0.4, -0.2) is 40.7 Å². The Balaban J connectivity index is 1.60. The zero-order chi connectivity index (χ0) is 19.4. The van der Waals surface area contributed by atoms with Crippen LogP contribution in [0.15, 0.2) is 28.8 Å². The maximum absolute atomic E-state index is 12.8. The number of likely N-dealkylation sites (tertiary alicyclic amines) is 1. The largest absolute Gasteiger partial charge is 0.466 e. The van der Waals surface area contributed by atoms with Gasteiger partial charge in [0.2, 0.25) is 11.7 Å². The van der Waals surface area contributed by atoms with Crippen molar-refractivity contribution in [3.63, 3.8) is 0 Å². The molecule has 3 rings (SSSR count). The molecule has 1 fully saturated rings. The molecule has 0 saturated carbocycles. The number of rotatable bonds is 5. The van der Waals surface area contributed by atoms with E-state index in [0.29, 0.717) is 45.0 Å². The zero-order valence-electron chi connectivity index (χ0n) is 14.8. The van der Waals surface area contributed by atoms with E-state index in [-0.39, 0.29) is 23.3 Å². The van der Waals surface area contributed by atoms with Gasteiger partial charge in [0, 0.05) is 5.56 Å². The molecule has 0 atom stereocenters. The molecule has 2 heterocycles. The highest BCUT2D eigenvalue weighted by molar-refractivity contribution is 5.72. The Labute approximate surface area is 154 Å².